The number of rotatable bonds is 7. The van der Waals surface area contributed by atoms with Crippen molar-refractivity contribution in [3.05, 3.63) is 92.9 Å². The van der Waals surface area contributed by atoms with Crippen molar-refractivity contribution < 1.29 is 18.7 Å². The van der Waals surface area contributed by atoms with Crippen LogP contribution >= 0.6 is 11.3 Å². The monoisotopic (exact) mass is 490 g/mol. The van der Waals surface area contributed by atoms with Crippen molar-refractivity contribution in [1.82, 2.24) is 14.8 Å². The van der Waals surface area contributed by atoms with Crippen LogP contribution in [0.4, 0.5) is 10.1 Å². The Balaban J connectivity index is 1.21. The van der Waals surface area contributed by atoms with E-state index in [1.807, 2.05) is 31.2 Å². The standard InChI is InChI=1S/C26H23FN4O3S/c1-16-5-9-18(10-6-16)28-23(32)13-24-29-19(15-35-24)14-34-26(33)25-21-3-2-4-22(21)31(30-25)20-11-7-17(27)8-12-20/h5-12,15H,2-4,13-14H2,1H3,(H,28,32). The third-order valence-electron chi connectivity index (χ3n) is 5.79. The Labute approximate surface area is 205 Å². The molecule has 0 fully saturated rings. The minimum absolute atomic E-state index is 0.00685. The average Bonchev–Trinajstić information content (AvgIpc) is 3.57. The summed E-state index contributed by atoms with van der Waals surface area (Å²) in [5.41, 5.74) is 5.26. The highest BCUT2D eigenvalue weighted by atomic mass is 32.1. The number of amides is 1. The van der Waals surface area contributed by atoms with Gasteiger partial charge in [0.15, 0.2) is 5.69 Å². The van der Waals surface area contributed by atoms with Crippen LogP contribution in [0.1, 0.15) is 44.4 Å². The van der Waals surface area contributed by atoms with E-state index in [0.717, 1.165) is 41.8 Å². The summed E-state index contributed by atoms with van der Waals surface area (Å²) in [4.78, 5) is 29.6. The lowest BCUT2D eigenvalue weighted by Gasteiger charge is -2.05. The van der Waals surface area contributed by atoms with E-state index in [9.17, 15) is 14.0 Å². The number of esters is 1. The Bertz CT molecular complexity index is 1380. The average molecular weight is 491 g/mol. The summed E-state index contributed by atoms with van der Waals surface area (Å²) >= 11 is 1.35. The number of benzene rings is 2. The second kappa shape index (κ2) is 9.79. The first kappa shape index (κ1) is 22.9. The predicted octanol–water partition coefficient (Wildman–Crippen LogP) is 4.80. The molecule has 4 aromatic rings. The minimum Gasteiger partial charge on any atom is -0.454 e. The quantitative estimate of drug-likeness (QED) is 0.376. The van der Waals surface area contributed by atoms with E-state index in [4.69, 9.17) is 4.74 Å². The van der Waals surface area contributed by atoms with Gasteiger partial charge in [-0.15, -0.1) is 11.3 Å². The molecule has 0 radical (unpaired) electrons. The summed E-state index contributed by atoms with van der Waals surface area (Å²) in [6.45, 7) is 1.98. The van der Waals surface area contributed by atoms with E-state index in [1.165, 1.54) is 23.5 Å². The first-order valence-electron chi connectivity index (χ1n) is 11.3. The molecule has 0 saturated carbocycles. The number of halogens is 1. The number of fused-ring (bicyclic) bond motifs is 1. The van der Waals surface area contributed by atoms with Crippen molar-refractivity contribution in [2.75, 3.05) is 5.32 Å². The molecule has 1 N–H and O–H groups in total. The van der Waals surface area contributed by atoms with Gasteiger partial charge in [-0.2, -0.15) is 5.10 Å². The number of nitrogens with one attached hydrogen (secondary N) is 1. The molecule has 0 unspecified atom stereocenters. The number of aromatic nitrogens is 3. The van der Waals surface area contributed by atoms with Gasteiger partial charge in [0.2, 0.25) is 5.91 Å². The van der Waals surface area contributed by atoms with Gasteiger partial charge in [0.1, 0.15) is 17.4 Å². The van der Waals surface area contributed by atoms with Crippen molar-refractivity contribution in [2.45, 2.75) is 39.2 Å². The number of aryl methyl sites for hydroxylation is 1. The number of nitrogens with zero attached hydrogens (tertiary/aromatic N) is 3. The molecule has 9 heteroatoms. The number of thiazole rings is 1. The fraction of sp³-hybridized carbons (Fsp3) is 0.231. The van der Waals surface area contributed by atoms with E-state index in [1.54, 1.807) is 22.2 Å². The highest BCUT2D eigenvalue weighted by Gasteiger charge is 2.28. The van der Waals surface area contributed by atoms with Gasteiger partial charge in [0, 0.05) is 22.3 Å². The molecule has 0 atom stereocenters. The van der Waals surface area contributed by atoms with Gasteiger partial charge in [-0.1, -0.05) is 17.7 Å². The summed E-state index contributed by atoms with van der Waals surface area (Å²) in [6.07, 6.45) is 2.61. The molecule has 35 heavy (non-hydrogen) atoms. The Morgan fingerprint density at radius 3 is 2.66 bits per heavy atom. The third kappa shape index (κ3) is 5.14. The lowest BCUT2D eigenvalue weighted by Crippen LogP contribution is -2.14. The number of hydrogen-bond donors (Lipinski definition) is 1. The van der Waals surface area contributed by atoms with Crippen molar-refractivity contribution in [3.63, 3.8) is 0 Å². The molecule has 2 aromatic carbocycles. The van der Waals surface area contributed by atoms with Crippen LogP contribution in [0, 0.1) is 12.7 Å². The SMILES string of the molecule is Cc1ccc(NC(=O)Cc2nc(COC(=O)c3nn(-c4ccc(F)cc4)c4c3CCC4)cs2)cc1. The molecule has 2 heterocycles. The van der Waals surface area contributed by atoms with Gasteiger partial charge in [-0.25, -0.2) is 18.9 Å². The van der Waals surface area contributed by atoms with Crippen LogP contribution in [0.2, 0.25) is 0 Å². The smallest absolute Gasteiger partial charge is 0.359 e. The summed E-state index contributed by atoms with van der Waals surface area (Å²) < 4.78 is 20.5. The van der Waals surface area contributed by atoms with Crippen LogP contribution in [0.3, 0.4) is 0 Å². The predicted molar refractivity (Wildman–Crippen MR) is 130 cm³/mol. The Morgan fingerprint density at radius 1 is 1.11 bits per heavy atom. The molecule has 7 nitrogen and oxygen atoms in total. The van der Waals surface area contributed by atoms with Crippen molar-refractivity contribution in [3.8, 4) is 5.69 Å². The van der Waals surface area contributed by atoms with Crippen LogP contribution in [0.25, 0.3) is 5.69 Å². The topological polar surface area (TPSA) is 86.1 Å². The molecule has 1 aliphatic carbocycles. The van der Waals surface area contributed by atoms with Crippen LogP contribution in [-0.4, -0.2) is 26.6 Å². The summed E-state index contributed by atoms with van der Waals surface area (Å²) in [5, 5.41) is 9.76. The second-order valence-electron chi connectivity index (χ2n) is 8.42. The molecule has 1 amide bonds. The van der Waals surface area contributed by atoms with Crippen molar-refractivity contribution in [1.29, 1.82) is 0 Å². The molecule has 2 aromatic heterocycles. The fourth-order valence-electron chi connectivity index (χ4n) is 4.08. The molecule has 1 aliphatic rings. The lowest BCUT2D eigenvalue weighted by atomic mass is 10.2. The number of anilines is 1. The molecule has 0 aliphatic heterocycles. The molecular weight excluding hydrogens is 467 g/mol. The molecule has 0 spiro atoms. The molecule has 178 valence electrons. The summed E-state index contributed by atoms with van der Waals surface area (Å²) in [5.74, 6) is -1.00. The van der Waals surface area contributed by atoms with Crippen LogP contribution in [0.5, 0.6) is 0 Å². The first-order valence-corrected chi connectivity index (χ1v) is 12.2. The zero-order valence-electron chi connectivity index (χ0n) is 19.1. The summed E-state index contributed by atoms with van der Waals surface area (Å²) in [7, 11) is 0. The highest BCUT2D eigenvalue weighted by molar-refractivity contribution is 7.09. The van der Waals surface area contributed by atoms with Crippen LogP contribution in [-0.2, 0) is 35.4 Å². The Kier molecular flexibility index (Phi) is 6.41. The maximum atomic E-state index is 13.3. The highest BCUT2D eigenvalue weighted by Crippen LogP contribution is 2.28. The summed E-state index contributed by atoms with van der Waals surface area (Å²) in [6, 6.07) is 13.6. The zero-order valence-corrected chi connectivity index (χ0v) is 19.9. The third-order valence-corrected chi connectivity index (χ3v) is 6.69. The van der Waals surface area contributed by atoms with Gasteiger partial charge in [-0.3, -0.25) is 4.79 Å². The number of carbonyl (C=O) groups excluding carboxylic acids is 2. The maximum absolute atomic E-state index is 13.3. The first-order chi connectivity index (χ1) is 17.0. The molecule has 0 saturated heterocycles. The lowest BCUT2D eigenvalue weighted by molar-refractivity contribution is -0.115. The van der Waals surface area contributed by atoms with E-state index >= 15 is 0 Å². The molecule has 5 rings (SSSR count). The Morgan fingerprint density at radius 2 is 1.89 bits per heavy atom. The van der Waals surface area contributed by atoms with E-state index in [0.29, 0.717) is 16.4 Å². The van der Waals surface area contributed by atoms with Gasteiger partial charge in [0.05, 0.1) is 17.8 Å². The zero-order chi connectivity index (χ0) is 24.4. The Hall–Kier alpha value is -3.85. The molecule has 0 bridgehead atoms. The van der Waals surface area contributed by atoms with Gasteiger partial charge in [0.25, 0.3) is 0 Å². The normalized spacial score (nSPS) is 12.4. The van der Waals surface area contributed by atoms with Crippen LogP contribution in [0.15, 0.2) is 53.9 Å². The molecular formula is C26H23FN4O3S. The van der Waals surface area contributed by atoms with E-state index in [-0.39, 0.29) is 30.4 Å². The largest absolute Gasteiger partial charge is 0.454 e. The van der Waals surface area contributed by atoms with Crippen molar-refractivity contribution >= 4 is 28.9 Å². The number of hydrogen-bond acceptors (Lipinski definition) is 6. The number of carbonyl (C=O) groups is 2. The van der Waals surface area contributed by atoms with Gasteiger partial charge in [-0.05, 0) is 62.6 Å². The fourth-order valence-corrected chi connectivity index (χ4v) is 4.86. The second-order valence-corrected chi connectivity index (χ2v) is 9.36. The van der Waals surface area contributed by atoms with E-state index in [2.05, 4.69) is 15.4 Å². The van der Waals surface area contributed by atoms with Gasteiger partial charge >= 0.3 is 5.97 Å². The maximum Gasteiger partial charge on any atom is 0.359 e. The number of ether oxygens (including phenoxy) is 1. The van der Waals surface area contributed by atoms with Crippen LogP contribution < -0.4 is 5.32 Å². The van der Waals surface area contributed by atoms with Gasteiger partial charge < -0.3 is 10.1 Å². The van der Waals surface area contributed by atoms with Crippen molar-refractivity contribution in [2.24, 2.45) is 0 Å². The minimum atomic E-state index is -0.518. The van der Waals surface area contributed by atoms with E-state index < -0.39 is 5.97 Å².